The van der Waals surface area contributed by atoms with E-state index in [0.29, 0.717) is 5.56 Å². The summed E-state index contributed by atoms with van der Waals surface area (Å²) in [4.78, 5) is 10.5. The second-order valence-electron chi connectivity index (χ2n) is 3.09. The summed E-state index contributed by atoms with van der Waals surface area (Å²) in [5.74, 6) is 0. The first-order valence-corrected chi connectivity index (χ1v) is 4.03. The predicted molar refractivity (Wildman–Crippen MR) is 51.9 cm³/mol. The molecule has 0 heterocycles. The van der Waals surface area contributed by atoms with Crippen molar-refractivity contribution in [2.75, 3.05) is 6.54 Å². The molecule has 1 unspecified atom stereocenters. The SMILES string of the molecule is Cc1cccc(C(N)(CN)N=O)c1. The minimum atomic E-state index is -1.29. The third-order valence-electron chi connectivity index (χ3n) is 1.99. The third kappa shape index (κ3) is 1.91. The maximum absolute atomic E-state index is 10.5. The molecule has 0 saturated carbocycles. The zero-order chi connectivity index (χ0) is 9.90. The van der Waals surface area contributed by atoms with E-state index in [1.165, 1.54) is 0 Å². The Hall–Kier alpha value is -1.26. The van der Waals surface area contributed by atoms with Crippen molar-refractivity contribution in [3.05, 3.63) is 40.3 Å². The second kappa shape index (κ2) is 3.64. The zero-order valence-electron chi connectivity index (χ0n) is 7.53. The van der Waals surface area contributed by atoms with Gasteiger partial charge in [-0.3, -0.25) is 5.73 Å². The van der Waals surface area contributed by atoms with E-state index in [0.717, 1.165) is 5.56 Å². The standard InChI is InChI=1S/C9H13N3O/c1-7-3-2-4-8(5-7)9(11,6-10)12-13/h2-5H,6,10-11H2,1H3. The maximum Gasteiger partial charge on any atom is 0.188 e. The van der Waals surface area contributed by atoms with E-state index in [1.807, 2.05) is 25.1 Å². The van der Waals surface area contributed by atoms with E-state index >= 15 is 0 Å². The average molecular weight is 179 g/mol. The van der Waals surface area contributed by atoms with Gasteiger partial charge in [-0.2, -0.15) is 0 Å². The smallest absolute Gasteiger partial charge is 0.188 e. The van der Waals surface area contributed by atoms with Gasteiger partial charge in [0.05, 0.1) is 0 Å². The summed E-state index contributed by atoms with van der Waals surface area (Å²) >= 11 is 0. The van der Waals surface area contributed by atoms with Crippen LogP contribution < -0.4 is 11.5 Å². The van der Waals surface area contributed by atoms with Crippen molar-refractivity contribution in [3.63, 3.8) is 0 Å². The van der Waals surface area contributed by atoms with Crippen LogP contribution in [0.25, 0.3) is 0 Å². The van der Waals surface area contributed by atoms with Gasteiger partial charge in [-0.05, 0) is 17.7 Å². The largest absolute Gasteiger partial charge is 0.327 e. The van der Waals surface area contributed by atoms with Gasteiger partial charge in [0.15, 0.2) is 5.66 Å². The van der Waals surface area contributed by atoms with E-state index in [4.69, 9.17) is 11.5 Å². The van der Waals surface area contributed by atoms with E-state index in [-0.39, 0.29) is 6.54 Å². The third-order valence-corrected chi connectivity index (χ3v) is 1.99. The molecule has 1 rings (SSSR count). The fourth-order valence-corrected chi connectivity index (χ4v) is 1.12. The highest BCUT2D eigenvalue weighted by molar-refractivity contribution is 5.28. The fourth-order valence-electron chi connectivity index (χ4n) is 1.12. The molecule has 1 atom stereocenters. The molecule has 1 aromatic rings. The van der Waals surface area contributed by atoms with Crippen LogP contribution in [0.5, 0.6) is 0 Å². The van der Waals surface area contributed by atoms with Gasteiger partial charge in [-0.15, -0.1) is 4.91 Å². The number of nitroso groups, excluding NO2 is 1. The van der Waals surface area contributed by atoms with Crippen LogP contribution in [-0.4, -0.2) is 6.54 Å². The van der Waals surface area contributed by atoms with Gasteiger partial charge < -0.3 is 5.73 Å². The summed E-state index contributed by atoms with van der Waals surface area (Å²) in [6.07, 6.45) is 0. The van der Waals surface area contributed by atoms with Crippen molar-refractivity contribution >= 4 is 0 Å². The molecule has 0 bridgehead atoms. The van der Waals surface area contributed by atoms with E-state index in [2.05, 4.69) is 5.18 Å². The topological polar surface area (TPSA) is 81.5 Å². The maximum atomic E-state index is 10.5. The van der Waals surface area contributed by atoms with Crippen LogP contribution in [0.3, 0.4) is 0 Å². The number of rotatable bonds is 3. The molecule has 4 N–H and O–H groups in total. The molecular weight excluding hydrogens is 166 g/mol. The van der Waals surface area contributed by atoms with Crippen molar-refractivity contribution in [3.8, 4) is 0 Å². The normalized spacial score (nSPS) is 15.0. The van der Waals surface area contributed by atoms with Gasteiger partial charge in [0, 0.05) is 6.54 Å². The van der Waals surface area contributed by atoms with Crippen LogP contribution >= 0.6 is 0 Å². The van der Waals surface area contributed by atoms with E-state index in [1.54, 1.807) is 6.07 Å². The van der Waals surface area contributed by atoms with Gasteiger partial charge in [0.2, 0.25) is 0 Å². The Kier molecular flexibility index (Phi) is 2.75. The molecule has 0 saturated heterocycles. The highest BCUT2D eigenvalue weighted by atomic mass is 16.3. The van der Waals surface area contributed by atoms with Crippen molar-refractivity contribution in [2.45, 2.75) is 12.6 Å². The highest BCUT2D eigenvalue weighted by Gasteiger charge is 2.26. The van der Waals surface area contributed by atoms with Crippen molar-refractivity contribution in [1.29, 1.82) is 0 Å². The lowest BCUT2D eigenvalue weighted by Gasteiger charge is -2.19. The Bertz CT molecular complexity index is 313. The highest BCUT2D eigenvalue weighted by Crippen LogP contribution is 2.18. The quantitative estimate of drug-likeness (QED) is 0.674. The van der Waals surface area contributed by atoms with Crippen LogP contribution in [0.15, 0.2) is 29.4 Å². The lowest BCUT2D eigenvalue weighted by atomic mass is 10.00. The van der Waals surface area contributed by atoms with Crippen molar-refractivity contribution in [1.82, 2.24) is 0 Å². The van der Waals surface area contributed by atoms with Gasteiger partial charge in [-0.1, -0.05) is 29.8 Å². The van der Waals surface area contributed by atoms with Crippen molar-refractivity contribution in [2.24, 2.45) is 16.6 Å². The first kappa shape index (κ1) is 9.83. The number of nitrogens with zero attached hydrogens (tertiary/aromatic N) is 1. The minimum absolute atomic E-state index is 0.0138. The summed E-state index contributed by atoms with van der Waals surface area (Å²) in [5.41, 5.74) is 11.5. The predicted octanol–water partition coefficient (Wildman–Crippen LogP) is 0.832. The van der Waals surface area contributed by atoms with Crippen LogP contribution in [0.4, 0.5) is 0 Å². The molecule has 13 heavy (non-hydrogen) atoms. The molecule has 0 aliphatic heterocycles. The molecular formula is C9H13N3O. The Morgan fingerprint density at radius 3 is 2.69 bits per heavy atom. The van der Waals surface area contributed by atoms with Crippen LogP contribution in [0, 0.1) is 11.8 Å². The number of hydrogen-bond donors (Lipinski definition) is 2. The molecule has 0 aliphatic carbocycles. The minimum Gasteiger partial charge on any atom is -0.327 e. The Labute approximate surface area is 76.9 Å². The Balaban J connectivity index is 3.12. The summed E-state index contributed by atoms with van der Waals surface area (Å²) in [7, 11) is 0. The number of hydrogen-bond acceptors (Lipinski definition) is 4. The summed E-state index contributed by atoms with van der Waals surface area (Å²) in [6, 6.07) is 7.31. The molecule has 0 spiro atoms. The first-order chi connectivity index (χ1) is 6.12. The summed E-state index contributed by atoms with van der Waals surface area (Å²) in [5, 5.41) is 2.85. The van der Waals surface area contributed by atoms with E-state index < -0.39 is 5.66 Å². The van der Waals surface area contributed by atoms with Crippen LogP contribution in [0.2, 0.25) is 0 Å². The molecule has 0 aromatic heterocycles. The fraction of sp³-hybridized carbons (Fsp3) is 0.333. The van der Waals surface area contributed by atoms with Crippen LogP contribution in [0.1, 0.15) is 11.1 Å². The molecule has 70 valence electrons. The number of benzene rings is 1. The van der Waals surface area contributed by atoms with Gasteiger partial charge in [0.25, 0.3) is 0 Å². The molecule has 1 aromatic carbocycles. The summed E-state index contributed by atoms with van der Waals surface area (Å²) < 4.78 is 0. The first-order valence-electron chi connectivity index (χ1n) is 4.03. The molecule has 0 amide bonds. The molecule has 0 aliphatic rings. The second-order valence-corrected chi connectivity index (χ2v) is 3.09. The lowest BCUT2D eigenvalue weighted by molar-refractivity contribution is 0.476. The molecule has 0 fully saturated rings. The average Bonchev–Trinajstić information content (AvgIpc) is 2.17. The monoisotopic (exact) mass is 179 g/mol. The Morgan fingerprint density at radius 2 is 2.23 bits per heavy atom. The van der Waals surface area contributed by atoms with Crippen LogP contribution in [-0.2, 0) is 5.66 Å². The zero-order valence-corrected chi connectivity index (χ0v) is 7.53. The van der Waals surface area contributed by atoms with Gasteiger partial charge in [-0.25, -0.2) is 0 Å². The number of aryl methyl sites for hydroxylation is 1. The Morgan fingerprint density at radius 1 is 1.54 bits per heavy atom. The molecule has 4 heteroatoms. The summed E-state index contributed by atoms with van der Waals surface area (Å²) in [6.45, 7) is 1.94. The molecule has 4 nitrogen and oxygen atoms in total. The van der Waals surface area contributed by atoms with Gasteiger partial charge in [0.1, 0.15) is 0 Å². The lowest BCUT2D eigenvalue weighted by Crippen LogP contribution is -2.41. The van der Waals surface area contributed by atoms with Crippen molar-refractivity contribution < 1.29 is 0 Å². The van der Waals surface area contributed by atoms with Gasteiger partial charge >= 0.3 is 0 Å². The molecule has 0 radical (unpaired) electrons. The number of nitrogens with two attached hydrogens (primary N) is 2. The van der Waals surface area contributed by atoms with E-state index in [9.17, 15) is 4.91 Å².